The molecule has 2 heterocycles. The minimum atomic E-state index is -0.406. The molecule has 114 valence electrons. The van der Waals surface area contributed by atoms with Crippen molar-refractivity contribution in [3.63, 3.8) is 0 Å². The van der Waals surface area contributed by atoms with E-state index in [1.165, 1.54) is 6.26 Å². The van der Waals surface area contributed by atoms with Gasteiger partial charge in [-0.25, -0.2) is 9.78 Å². The highest BCUT2D eigenvalue weighted by atomic mass is 16.3. The second-order valence-corrected chi connectivity index (χ2v) is 4.58. The summed E-state index contributed by atoms with van der Waals surface area (Å²) in [5.74, 6) is 1.47. The average Bonchev–Trinajstić information content (AvgIpc) is 3.24. The summed E-state index contributed by atoms with van der Waals surface area (Å²) >= 11 is 0. The topological polar surface area (TPSA) is 120 Å². The van der Waals surface area contributed by atoms with Crippen LogP contribution in [0, 0.1) is 11.3 Å². The van der Waals surface area contributed by atoms with E-state index in [1.807, 2.05) is 6.07 Å². The number of aromatic nitrogens is 3. The molecule has 8 heteroatoms. The molecule has 0 spiro atoms. The van der Waals surface area contributed by atoms with E-state index in [0.717, 1.165) is 0 Å². The van der Waals surface area contributed by atoms with Crippen LogP contribution in [0.2, 0.25) is 0 Å². The number of aromatic amines is 1. The summed E-state index contributed by atoms with van der Waals surface area (Å²) in [5, 5.41) is 20.8. The lowest BCUT2D eigenvalue weighted by Gasteiger charge is -2.06. The summed E-state index contributed by atoms with van der Waals surface area (Å²) in [7, 11) is 0. The highest BCUT2D eigenvalue weighted by Gasteiger charge is 2.09. The van der Waals surface area contributed by atoms with Gasteiger partial charge in [0.25, 0.3) is 0 Å². The first-order valence-electron chi connectivity index (χ1n) is 6.75. The van der Waals surface area contributed by atoms with Gasteiger partial charge in [-0.05, 0) is 30.3 Å². The molecule has 2 amide bonds. The van der Waals surface area contributed by atoms with Gasteiger partial charge in [-0.3, -0.25) is 5.10 Å². The number of anilines is 1. The molecule has 1 aromatic carbocycles. The number of nitrogens with one attached hydrogen (secondary N) is 3. The highest BCUT2D eigenvalue weighted by molar-refractivity contribution is 5.89. The predicted molar refractivity (Wildman–Crippen MR) is 81.1 cm³/mol. The second-order valence-electron chi connectivity index (χ2n) is 4.58. The molecule has 3 rings (SSSR count). The first kappa shape index (κ1) is 14.3. The van der Waals surface area contributed by atoms with Crippen molar-refractivity contribution < 1.29 is 9.21 Å². The molecule has 0 bridgehead atoms. The van der Waals surface area contributed by atoms with Crippen LogP contribution in [-0.2, 0) is 6.54 Å². The van der Waals surface area contributed by atoms with Crippen LogP contribution in [0.15, 0.2) is 47.1 Å². The summed E-state index contributed by atoms with van der Waals surface area (Å²) in [6.07, 6.45) is 1.53. The molecule has 3 N–H and O–H groups in total. The predicted octanol–water partition coefficient (Wildman–Crippen LogP) is 2.26. The SMILES string of the molecule is N#Cc1cccc(NC(=O)NCc2nc(-c3ccco3)n[nH]2)c1. The Morgan fingerprint density at radius 1 is 1.35 bits per heavy atom. The summed E-state index contributed by atoms with van der Waals surface area (Å²) < 4.78 is 5.19. The number of carbonyl (C=O) groups is 1. The molecule has 0 radical (unpaired) electrons. The number of urea groups is 1. The third-order valence-corrected chi connectivity index (χ3v) is 2.94. The van der Waals surface area contributed by atoms with E-state index in [1.54, 1.807) is 36.4 Å². The quantitative estimate of drug-likeness (QED) is 0.683. The van der Waals surface area contributed by atoms with Gasteiger partial charge in [0, 0.05) is 5.69 Å². The van der Waals surface area contributed by atoms with E-state index in [4.69, 9.17) is 9.68 Å². The Kier molecular flexibility index (Phi) is 4.02. The molecule has 2 aromatic heterocycles. The molecule has 0 fully saturated rings. The number of furan rings is 1. The van der Waals surface area contributed by atoms with Crippen molar-refractivity contribution in [3.8, 4) is 17.7 Å². The molecule has 3 aromatic rings. The third-order valence-electron chi connectivity index (χ3n) is 2.94. The number of carbonyl (C=O) groups excluding carboxylic acids is 1. The van der Waals surface area contributed by atoms with Gasteiger partial charge in [-0.2, -0.15) is 5.26 Å². The second kappa shape index (κ2) is 6.44. The van der Waals surface area contributed by atoms with Crippen molar-refractivity contribution in [1.82, 2.24) is 20.5 Å². The smallest absolute Gasteiger partial charge is 0.319 e. The number of hydrogen-bond acceptors (Lipinski definition) is 5. The lowest BCUT2D eigenvalue weighted by atomic mass is 10.2. The highest BCUT2D eigenvalue weighted by Crippen LogP contribution is 2.14. The van der Waals surface area contributed by atoms with Crippen LogP contribution >= 0.6 is 0 Å². The van der Waals surface area contributed by atoms with E-state index < -0.39 is 6.03 Å². The minimum Gasteiger partial charge on any atom is -0.461 e. The van der Waals surface area contributed by atoms with Crippen molar-refractivity contribution in [1.29, 1.82) is 5.26 Å². The van der Waals surface area contributed by atoms with Crippen molar-refractivity contribution in [2.45, 2.75) is 6.54 Å². The molecule has 23 heavy (non-hydrogen) atoms. The van der Waals surface area contributed by atoms with Gasteiger partial charge in [0.05, 0.1) is 24.4 Å². The molecule has 0 aliphatic carbocycles. The largest absolute Gasteiger partial charge is 0.461 e. The monoisotopic (exact) mass is 308 g/mol. The lowest BCUT2D eigenvalue weighted by molar-refractivity contribution is 0.251. The zero-order valence-corrected chi connectivity index (χ0v) is 11.9. The van der Waals surface area contributed by atoms with Gasteiger partial charge in [-0.1, -0.05) is 6.07 Å². The van der Waals surface area contributed by atoms with Crippen LogP contribution in [0.5, 0.6) is 0 Å². The Morgan fingerprint density at radius 2 is 2.26 bits per heavy atom. The maximum Gasteiger partial charge on any atom is 0.319 e. The van der Waals surface area contributed by atoms with Gasteiger partial charge in [0.15, 0.2) is 5.76 Å². The third kappa shape index (κ3) is 3.54. The Labute approximate surface area is 131 Å². The molecule has 0 unspecified atom stereocenters. The number of H-pyrrole nitrogens is 1. The van der Waals surface area contributed by atoms with Crippen molar-refractivity contribution in [3.05, 3.63) is 54.0 Å². The zero-order chi connectivity index (χ0) is 16.1. The summed E-state index contributed by atoms with van der Waals surface area (Å²) in [6.45, 7) is 0.178. The van der Waals surface area contributed by atoms with Crippen molar-refractivity contribution in [2.75, 3.05) is 5.32 Å². The van der Waals surface area contributed by atoms with Crippen LogP contribution in [0.4, 0.5) is 10.5 Å². The Balaban J connectivity index is 1.56. The van der Waals surface area contributed by atoms with Gasteiger partial charge >= 0.3 is 6.03 Å². The fourth-order valence-electron chi connectivity index (χ4n) is 1.90. The van der Waals surface area contributed by atoms with Crippen LogP contribution in [0.1, 0.15) is 11.4 Å². The summed E-state index contributed by atoms with van der Waals surface area (Å²) in [4.78, 5) is 16.0. The Bertz CT molecular complexity index is 847. The lowest BCUT2D eigenvalue weighted by Crippen LogP contribution is -2.28. The van der Waals surface area contributed by atoms with E-state index in [9.17, 15) is 4.79 Å². The van der Waals surface area contributed by atoms with Crippen LogP contribution in [0.25, 0.3) is 11.6 Å². The fourth-order valence-corrected chi connectivity index (χ4v) is 1.90. The molecule has 0 saturated heterocycles. The van der Waals surface area contributed by atoms with Crippen molar-refractivity contribution >= 4 is 11.7 Å². The molecule has 0 aliphatic heterocycles. The van der Waals surface area contributed by atoms with Gasteiger partial charge in [-0.15, -0.1) is 5.10 Å². The van der Waals surface area contributed by atoms with Crippen molar-refractivity contribution in [2.24, 2.45) is 0 Å². The summed E-state index contributed by atoms with van der Waals surface area (Å²) in [6, 6.07) is 11.7. The number of nitriles is 1. The van der Waals surface area contributed by atoms with Gasteiger partial charge in [0.1, 0.15) is 5.82 Å². The zero-order valence-electron chi connectivity index (χ0n) is 11.9. The standard InChI is InChI=1S/C15H12N6O2/c16-8-10-3-1-4-11(7-10)18-15(22)17-9-13-19-14(21-20-13)12-5-2-6-23-12/h1-7H,9H2,(H2,17,18,22)(H,19,20,21). The van der Waals surface area contributed by atoms with Crippen LogP contribution < -0.4 is 10.6 Å². The van der Waals surface area contributed by atoms with Gasteiger partial charge in [0.2, 0.25) is 5.82 Å². The van der Waals surface area contributed by atoms with Gasteiger partial charge < -0.3 is 15.1 Å². The number of nitrogens with zero attached hydrogens (tertiary/aromatic N) is 3. The van der Waals surface area contributed by atoms with Crippen LogP contribution in [-0.4, -0.2) is 21.2 Å². The van der Waals surface area contributed by atoms with E-state index in [-0.39, 0.29) is 6.54 Å². The molecule has 0 saturated carbocycles. The number of benzene rings is 1. The maximum absolute atomic E-state index is 11.8. The van der Waals surface area contributed by atoms with E-state index in [2.05, 4.69) is 25.8 Å². The number of rotatable bonds is 4. The molecule has 8 nitrogen and oxygen atoms in total. The first-order chi connectivity index (χ1) is 11.2. The summed E-state index contributed by atoms with van der Waals surface area (Å²) in [5.41, 5.74) is 1.01. The van der Waals surface area contributed by atoms with E-state index in [0.29, 0.717) is 28.7 Å². The Hall–Kier alpha value is -3.60. The number of amides is 2. The minimum absolute atomic E-state index is 0.178. The first-order valence-corrected chi connectivity index (χ1v) is 6.75. The molecule has 0 aliphatic rings. The molecular weight excluding hydrogens is 296 g/mol. The maximum atomic E-state index is 11.8. The average molecular weight is 308 g/mol. The van der Waals surface area contributed by atoms with Crippen LogP contribution in [0.3, 0.4) is 0 Å². The molecule has 0 atom stereocenters. The fraction of sp³-hybridized carbons (Fsp3) is 0.0667. The normalized spacial score (nSPS) is 10.0. The van der Waals surface area contributed by atoms with E-state index >= 15 is 0 Å². The number of hydrogen-bond donors (Lipinski definition) is 3. The molecular formula is C15H12N6O2. The Morgan fingerprint density at radius 3 is 3.04 bits per heavy atom.